The van der Waals surface area contributed by atoms with E-state index in [1.54, 1.807) is 0 Å². The number of hydrogen-bond acceptors (Lipinski definition) is 2. The maximum absolute atomic E-state index is 12.1. The summed E-state index contributed by atoms with van der Waals surface area (Å²) < 4.78 is 0. The van der Waals surface area contributed by atoms with Gasteiger partial charge in [0.25, 0.3) is 0 Å². The van der Waals surface area contributed by atoms with Crippen molar-refractivity contribution < 1.29 is 4.79 Å². The smallest absolute Gasteiger partial charge is 0.236 e. The summed E-state index contributed by atoms with van der Waals surface area (Å²) in [5.74, 6) is 1.05. The van der Waals surface area contributed by atoms with Crippen LogP contribution < -0.4 is 0 Å². The molecule has 0 aromatic carbocycles. The lowest BCUT2D eigenvalue weighted by Crippen LogP contribution is -2.45. The molecule has 0 spiro atoms. The molecular formula is C13H24N2O. The van der Waals surface area contributed by atoms with E-state index in [-0.39, 0.29) is 0 Å². The quantitative estimate of drug-likeness (QED) is 0.713. The van der Waals surface area contributed by atoms with Gasteiger partial charge in [0.15, 0.2) is 0 Å². The Balaban J connectivity index is 1.77. The van der Waals surface area contributed by atoms with Gasteiger partial charge in [0, 0.05) is 13.1 Å². The molecule has 0 N–H and O–H groups in total. The molecule has 3 nitrogen and oxygen atoms in total. The number of piperidine rings is 2. The fourth-order valence-corrected chi connectivity index (χ4v) is 2.82. The van der Waals surface area contributed by atoms with Gasteiger partial charge in [0.1, 0.15) is 0 Å². The van der Waals surface area contributed by atoms with Gasteiger partial charge >= 0.3 is 0 Å². The van der Waals surface area contributed by atoms with Crippen molar-refractivity contribution in [2.75, 3.05) is 32.7 Å². The summed E-state index contributed by atoms with van der Waals surface area (Å²) in [5.41, 5.74) is 0. The minimum atomic E-state index is 0.355. The number of carbonyl (C=O) groups excluding carboxylic acids is 1. The molecule has 0 bridgehead atoms. The Hall–Kier alpha value is -0.570. The molecule has 2 fully saturated rings. The molecule has 0 aromatic heterocycles. The van der Waals surface area contributed by atoms with Gasteiger partial charge in [0.2, 0.25) is 5.91 Å². The van der Waals surface area contributed by atoms with Crippen LogP contribution in [-0.2, 0) is 4.79 Å². The summed E-state index contributed by atoms with van der Waals surface area (Å²) >= 11 is 0. The summed E-state index contributed by atoms with van der Waals surface area (Å²) in [6.07, 6.45) is 6.35. The van der Waals surface area contributed by atoms with Crippen LogP contribution in [0, 0.1) is 5.92 Å². The predicted octanol–water partition coefficient (Wildman–Crippen LogP) is 1.73. The highest BCUT2D eigenvalue weighted by Crippen LogP contribution is 2.16. The van der Waals surface area contributed by atoms with Crippen LogP contribution in [0.4, 0.5) is 0 Å². The third-order valence-corrected chi connectivity index (χ3v) is 3.82. The van der Waals surface area contributed by atoms with E-state index in [1.807, 2.05) is 0 Å². The Labute approximate surface area is 98.8 Å². The van der Waals surface area contributed by atoms with Gasteiger partial charge in [-0.1, -0.05) is 13.3 Å². The molecule has 0 aliphatic carbocycles. The van der Waals surface area contributed by atoms with E-state index in [2.05, 4.69) is 16.7 Å². The van der Waals surface area contributed by atoms with Gasteiger partial charge in [-0.2, -0.15) is 0 Å². The number of rotatable bonds is 2. The Morgan fingerprint density at radius 3 is 2.56 bits per heavy atom. The largest absolute Gasteiger partial charge is 0.341 e. The van der Waals surface area contributed by atoms with Crippen LogP contribution in [0.1, 0.15) is 39.0 Å². The topological polar surface area (TPSA) is 23.6 Å². The fraction of sp³-hybridized carbons (Fsp3) is 0.923. The summed E-state index contributed by atoms with van der Waals surface area (Å²) in [5, 5.41) is 0. The van der Waals surface area contributed by atoms with Crippen molar-refractivity contribution in [1.29, 1.82) is 0 Å². The van der Waals surface area contributed by atoms with Gasteiger partial charge in [-0.3, -0.25) is 9.69 Å². The maximum atomic E-state index is 12.1. The molecule has 0 aromatic rings. The number of hydrogen-bond donors (Lipinski definition) is 0. The average molecular weight is 224 g/mol. The lowest BCUT2D eigenvalue weighted by molar-refractivity contribution is -0.134. The molecule has 2 aliphatic rings. The van der Waals surface area contributed by atoms with Crippen LogP contribution in [0.15, 0.2) is 0 Å². The second kappa shape index (κ2) is 5.67. The molecule has 1 unspecified atom stereocenters. The molecule has 2 aliphatic heterocycles. The van der Waals surface area contributed by atoms with Crippen LogP contribution >= 0.6 is 0 Å². The zero-order chi connectivity index (χ0) is 11.4. The maximum Gasteiger partial charge on any atom is 0.236 e. The predicted molar refractivity (Wildman–Crippen MR) is 65.3 cm³/mol. The van der Waals surface area contributed by atoms with Crippen LogP contribution in [0.3, 0.4) is 0 Å². The number of amides is 1. The molecule has 1 atom stereocenters. The van der Waals surface area contributed by atoms with E-state index in [4.69, 9.17) is 0 Å². The SMILES string of the molecule is CC1CCCN(C(=O)CN2CCCCC2)C1. The van der Waals surface area contributed by atoms with Crippen molar-refractivity contribution >= 4 is 5.91 Å². The molecule has 0 saturated carbocycles. The van der Waals surface area contributed by atoms with E-state index in [9.17, 15) is 4.79 Å². The summed E-state index contributed by atoms with van der Waals surface area (Å²) in [7, 11) is 0. The highest BCUT2D eigenvalue weighted by molar-refractivity contribution is 5.78. The fourth-order valence-electron chi connectivity index (χ4n) is 2.82. The summed E-state index contributed by atoms with van der Waals surface area (Å²) in [6, 6.07) is 0. The molecule has 92 valence electrons. The third kappa shape index (κ3) is 3.21. The van der Waals surface area contributed by atoms with Crippen molar-refractivity contribution in [2.24, 2.45) is 5.92 Å². The zero-order valence-electron chi connectivity index (χ0n) is 10.5. The van der Waals surface area contributed by atoms with Gasteiger partial charge < -0.3 is 4.90 Å². The second-order valence-corrected chi connectivity index (χ2v) is 5.42. The van der Waals surface area contributed by atoms with Gasteiger partial charge in [0.05, 0.1) is 6.54 Å². The lowest BCUT2D eigenvalue weighted by atomic mass is 10.0. The monoisotopic (exact) mass is 224 g/mol. The molecule has 1 amide bonds. The number of likely N-dealkylation sites (tertiary alicyclic amines) is 2. The van der Waals surface area contributed by atoms with Crippen molar-refractivity contribution in [1.82, 2.24) is 9.80 Å². The molecular weight excluding hydrogens is 200 g/mol. The second-order valence-electron chi connectivity index (χ2n) is 5.42. The van der Waals surface area contributed by atoms with Crippen molar-refractivity contribution in [3.05, 3.63) is 0 Å². The molecule has 2 heterocycles. The van der Waals surface area contributed by atoms with Gasteiger partial charge in [-0.05, 0) is 44.7 Å². The Morgan fingerprint density at radius 2 is 1.88 bits per heavy atom. The standard InChI is InChI=1S/C13H24N2O/c1-12-6-5-9-15(10-12)13(16)11-14-7-3-2-4-8-14/h12H,2-11H2,1H3. The zero-order valence-corrected chi connectivity index (χ0v) is 10.5. The van der Waals surface area contributed by atoms with E-state index < -0.39 is 0 Å². The lowest BCUT2D eigenvalue weighted by Gasteiger charge is -2.33. The summed E-state index contributed by atoms with van der Waals surface area (Å²) in [4.78, 5) is 16.5. The van der Waals surface area contributed by atoms with Crippen molar-refractivity contribution in [2.45, 2.75) is 39.0 Å². The van der Waals surface area contributed by atoms with Crippen LogP contribution in [0.2, 0.25) is 0 Å². The number of nitrogens with zero attached hydrogens (tertiary/aromatic N) is 2. The van der Waals surface area contributed by atoms with Crippen molar-refractivity contribution in [3.63, 3.8) is 0 Å². The van der Waals surface area contributed by atoms with E-state index in [0.29, 0.717) is 18.4 Å². The minimum absolute atomic E-state index is 0.355. The normalized spacial score (nSPS) is 28.1. The van der Waals surface area contributed by atoms with Crippen molar-refractivity contribution in [3.8, 4) is 0 Å². The molecule has 3 heteroatoms. The van der Waals surface area contributed by atoms with E-state index in [0.717, 1.165) is 26.2 Å². The molecule has 16 heavy (non-hydrogen) atoms. The Kier molecular flexibility index (Phi) is 4.22. The summed E-state index contributed by atoms with van der Waals surface area (Å²) in [6.45, 7) is 7.11. The first-order valence-electron chi connectivity index (χ1n) is 6.76. The first-order valence-corrected chi connectivity index (χ1v) is 6.76. The van der Waals surface area contributed by atoms with Crippen LogP contribution in [-0.4, -0.2) is 48.4 Å². The van der Waals surface area contributed by atoms with E-state index >= 15 is 0 Å². The highest BCUT2D eigenvalue weighted by atomic mass is 16.2. The van der Waals surface area contributed by atoms with Gasteiger partial charge in [-0.15, -0.1) is 0 Å². The first-order chi connectivity index (χ1) is 7.75. The first kappa shape index (κ1) is 11.9. The molecule has 2 saturated heterocycles. The van der Waals surface area contributed by atoms with Gasteiger partial charge in [-0.25, -0.2) is 0 Å². The molecule has 0 radical (unpaired) electrons. The van der Waals surface area contributed by atoms with E-state index in [1.165, 1.54) is 32.1 Å². The minimum Gasteiger partial charge on any atom is -0.341 e. The molecule has 2 rings (SSSR count). The Morgan fingerprint density at radius 1 is 1.12 bits per heavy atom. The third-order valence-electron chi connectivity index (χ3n) is 3.82. The number of carbonyl (C=O) groups is 1. The van der Waals surface area contributed by atoms with Crippen LogP contribution in [0.25, 0.3) is 0 Å². The van der Waals surface area contributed by atoms with Crippen LogP contribution in [0.5, 0.6) is 0 Å². The highest BCUT2D eigenvalue weighted by Gasteiger charge is 2.22. The Bertz CT molecular complexity index is 236. The average Bonchev–Trinajstić information content (AvgIpc) is 2.30.